The molecule has 0 bridgehead atoms. The summed E-state index contributed by atoms with van der Waals surface area (Å²) in [5.74, 6) is 1.52. The lowest BCUT2D eigenvalue weighted by Crippen LogP contribution is -2.47. The number of rotatable bonds is 4. The van der Waals surface area contributed by atoms with Crippen molar-refractivity contribution in [1.82, 2.24) is 10.3 Å². The Hall–Kier alpha value is -1.59. The summed E-state index contributed by atoms with van der Waals surface area (Å²) in [6.45, 7) is 7.35. The van der Waals surface area contributed by atoms with Crippen LogP contribution in [0.5, 0.6) is 5.75 Å². The molecule has 3 heterocycles. The zero-order valence-corrected chi connectivity index (χ0v) is 15.2. The Kier molecular flexibility index (Phi) is 4.46. The van der Waals surface area contributed by atoms with Crippen molar-refractivity contribution in [1.29, 1.82) is 0 Å². The van der Waals surface area contributed by atoms with Crippen LogP contribution in [0.3, 0.4) is 0 Å². The summed E-state index contributed by atoms with van der Waals surface area (Å²) in [5.41, 5.74) is 2.48. The van der Waals surface area contributed by atoms with E-state index in [1.54, 1.807) is 11.3 Å². The standard InChI is InChI=1S/C19H25N3OS/c1-13-12-24-19(20-13)22-9-7-15(8-10-22)21-14(2)17-11-23-18-6-4-3-5-16(17)18/h3-6,12,14-15,17,21H,7-11H2,1-2H3/t14-,17+/m1/s1. The Morgan fingerprint density at radius 1 is 1.29 bits per heavy atom. The first kappa shape index (κ1) is 15.9. The highest BCUT2D eigenvalue weighted by molar-refractivity contribution is 7.13. The van der Waals surface area contributed by atoms with Crippen LogP contribution in [-0.2, 0) is 0 Å². The third-order valence-corrected chi connectivity index (χ3v) is 6.23. The Morgan fingerprint density at radius 3 is 2.83 bits per heavy atom. The van der Waals surface area contributed by atoms with Gasteiger partial charge in [0.05, 0.1) is 12.3 Å². The lowest BCUT2D eigenvalue weighted by molar-refractivity contribution is 0.284. The van der Waals surface area contributed by atoms with Crippen molar-refractivity contribution < 1.29 is 4.74 Å². The summed E-state index contributed by atoms with van der Waals surface area (Å²) < 4.78 is 5.84. The first-order chi connectivity index (χ1) is 11.7. The molecule has 0 aliphatic carbocycles. The van der Waals surface area contributed by atoms with Crippen molar-refractivity contribution in [2.75, 3.05) is 24.6 Å². The molecule has 24 heavy (non-hydrogen) atoms. The number of thiazole rings is 1. The van der Waals surface area contributed by atoms with Crippen molar-refractivity contribution in [2.24, 2.45) is 0 Å². The monoisotopic (exact) mass is 343 g/mol. The van der Waals surface area contributed by atoms with Gasteiger partial charge in [0.25, 0.3) is 0 Å². The Labute approximate surface area is 147 Å². The number of anilines is 1. The predicted molar refractivity (Wildman–Crippen MR) is 99.4 cm³/mol. The highest BCUT2D eigenvalue weighted by Crippen LogP contribution is 2.35. The molecule has 0 amide bonds. The van der Waals surface area contributed by atoms with Crippen LogP contribution in [0, 0.1) is 6.92 Å². The molecule has 5 heteroatoms. The highest BCUT2D eigenvalue weighted by atomic mass is 32.1. The van der Waals surface area contributed by atoms with Crippen LogP contribution in [-0.4, -0.2) is 36.8 Å². The van der Waals surface area contributed by atoms with Gasteiger partial charge in [0.2, 0.25) is 0 Å². The molecule has 1 fully saturated rings. The van der Waals surface area contributed by atoms with E-state index < -0.39 is 0 Å². The van der Waals surface area contributed by atoms with Crippen LogP contribution in [0.1, 0.15) is 36.9 Å². The van der Waals surface area contributed by atoms with Crippen molar-refractivity contribution in [3.05, 3.63) is 40.9 Å². The number of fused-ring (bicyclic) bond motifs is 1. The smallest absolute Gasteiger partial charge is 0.185 e. The molecule has 1 aromatic carbocycles. The minimum absolute atomic E-state index is 0.437. The molecular weight excluding hydrogens is 318 g/mol. The number of nitrogens with zero attached hydrogens (tertiary/aromatic N) is 2. The number of ether oxygens (including phenoxy) is 1. The van der Waals surface area contributed by atoms with E-state index in [9.17, 15) is 0 Å². The molecule has 0 unspecified atom stereocenters. The van der Waals surface area contributed by atoms with Gasteiger partial charge in [0.1, 0.15) is 5.75 Å². The summed E-state index contributed by atoms with van der Waals surface area (Å²) in [6, 6.07) is 9.48. The number of nitrogens with one attached hydrogen (secondary N) is 1. The highest BCUT2D eigenvalue weighted by Gasteiger charge is 2.30. The van der Waals surface area contributed by atoms with E-state index in [2.05, 4.69) is 58.7 Å². The fourth-order valence-electron chi connectivity index (χ4n) is 3.81. The minimum Gasteiger partial charge on any atom is -0.493 e. The lowest BCUT2D eigenvalue weighted by Gasteiger charge is -2.34. The van der Waals surface area contributed by atoms with E-state index in [4.69, 9.17) is 4.74 Å². The molecule has 4 nitrogen and oxygen atoms in total. The van der Waals surface area contributed by atoms with E-state index in [0.717, 1.165) is 31.1 Å². The van der Waals surface area contributed by atoms with E-state index >= 15 is 0 Å². The molecule has 2 aliphatic heterocycles. The Bertz CT molecular complexity index is 693. The second-order valence-electron chi connectivity index (χ2n) is 6.94. The van der Waals surface area contributed by atoms with Crippen molar-refractivity contribution in [3.63, 3.8) is 0 Å². The number of aromatic nitrogens is 1. The van der Waals surface area contributed by atoms with Gasteiger partial charge in [0, 0.05) is 42.0 Å². The van der Waals surface area contributed by atoms with Gasteiger partial charge in [-0.2, -0.15) is 0 Å². The van der Waals surface area contributed by atoms with E-state index in [1.165, 1.54) is 23.5 Å². The molecule has 1 saturated heterocycles. The molecule has 0 saturated carbocycles. The number of hydrogen-bond acceptors (Lipinski definition) is 5. The van der Waals surface area contributed by atoms with E-state index in [-0.39, 0.29) is 0 Å². The maximum atomic E-state index is 5.84. The van der Waals surface area contributed by atoms with Crippen LogP contribution in [0.4, 0.5) is 5.13 Å². The maximum Gasteiger partial charge on any atom is 0.185 e. The fourth-order valence-corrected chi connectivity index (χ4v) is 4.67. The topological polar surface area (TPSA) is 37.4 Å². The lowest BCUT2D eigenvalue weighted by atomic mass is 9.93. The molecule has 2 aliphatic rings. The van der Waals surface area contributed by atoms with Gasteiger partial charge in [-0.1, -0.05) is 18.2 Å². The largest absolute Gasteiger partial charge is 0.493 e. The molecule has 1 aromatic heterocycles. The summed E-state index contributed by atoms with van der Waals surface area (Å²) >= 11 is 1.76. The minimum atomic E-state index is 0.437. The summed E-state index contributed by atoms with van der Waals surface area (Å²) in [4.78, 5) is 7.04. The van der Waals surface area contributed by atoms with Crippen LogP contribution in [0.2, 0.25) is 0 Å². The van der Waals surface area contributed by atoms with Crippen molar-refractivity contribution in [3.8, 4) is 5.75 Å². The molecule has 0 radical (unpaired) electrons. The summed E-state index contributed by atoms with van der Waals surface area (Å²) in [5, 5.41) is 7.17. The maximum absolute atomic E-state index is 5.84. The fraction of sp³-hybridized carbons (Fsp3) is 0.526. The third kappa shape index (κ3) is 3.15. The Balaban J connectivity index is 1.32. The Morgan fingerprint density at radius 2 is 2.08 bits per heavy atom. The van der Waals surface area contributed by atoms with Crippen LogP contribution in [0.25, 0.3) is 0 Å². The van der Waals surface area contributed by atoms with E-state index in [0.29, 0.717) is 18.0 Å². The average molecular weight is 343 g/mol. The molecule has 128 valence electrons. The van der Waals surface area contributed by atoms with Gasteiger partial charge in [0.15, 0.2) is 5.13 Å². The van der Waals surface area contributed by atoms with Crippen LogP contribution >= 0.6 is 11.3 Å². The molecule has 1 N–H and O–H groups in total. The van der Waals surface area contributed by atoms with Gasteiger partial charge in [-0.15, -0.1) is 11.3 Å². The van der Waals surface area contributed by atoms with Gasteiger partial charge in [-0.3, -0.25) is 0 Å². The van der Waals surface area contributed by atoms with E-state index in [1.807, 2.05) is 0 Å². The number of benzene rings is 1. The average Bonchev–Trinajstić information content (AvgIpc) is 3.22. The summed E-state index contributed by atoms with van der Waals surface area (Å²) in [7, 11) is 0. The van der Waals surface area contributed by atoms with Crippen LogP contribution in [0.15, 0.2) is 29.6 Å². The predicted octanol–water partition coefficient (Wildman–Crippen LogP) is 3.57. The van der Waals surface area contributed by atoms with Gasteiger partial charge in [-0.25, -0.2) is 4.98 Å². The normalized spacial score (nSPS) is 22.2. The molecule has 2 aromatic rings. The second kappa shape index (κ2) is 6.73. The molecule has 0 spiro atoms. The number of aryl methyl sites for hydroxylation is 1. The van der Waals surface area contributed by atoms with Gasteiger partial charge >= 0.3 is 0 Å². The number of piperidine rings is 1. The number of para-hydroxylation sites is 1. The summed E-state index contributed by atoms with van der Waals surface area (Å²) in [6.07, 6.45) is 2.36. The van der Waals surface area contributed by atoms with Crippen molar-refractivity contribution >= 4 is 16.5 Å². The molecule has 4 rings (SSSR count). The zero-order chi connectivity index (χ0) is 16.5. The quantitative estimate of drug-likeness (QED) is 0.921. The first-order valence-corrected chi connectivity index (χ1v) is 9.73. The third-order valence-electron chi connectivity index (χ3n) is 5.21. The SMILES string of the molecule is Cc1csc(N2CCC(N[C@H](C)[C@@H]3COc4ccccc43)CC2)n1. The zero-order valence-electron chi connectivity index (χ0n) is 14.4. The second-order valence-corrected chi connectivity index (χ2v) is 7.78. The van der Waals surface area contributed by atoms with Gasteiger partial charge in [-0.05, 0) is 32.8 Å². The van der Waals surface area contributed by atoms with Crippen molar-refractivity contribution in [2.45, 2.75) is 44.7 Å². The molecular formula is C19H25N3OS. The van der Waals surface area contributed by atoms with Gasteiger partial charge < -0.3 is 15.0 Å². The van der Waals surface area contributed by atoms with Crippen LogP contribution < -0.4 is 15.0 Å². The molecule has 2 atom stereocenters. The first-order valence-electron chi connectivity index (χ1n) is 8.85. The number of hydrogen-bond donors (Lipinski definition) is 1.